The molecule has 0 radical (unpaired) electrons. The zero-order chi connectivity index (χ0) is 27.5. The molecule has 3 rings (SSSR count). The number of nitrogens with zero attached hydrogens (tertiary/aromatic N) is 1. The Balaban J connectivity index is 2.27. The Morgan fingerprint density at radius 2 is 1.78 bits per heavy atom. The van der Waals surface area contributed by atoms with Crippen LogP contribution in [0.2, 0.25) is 0 Å². The monoisotopic (exact) mass is 582 g/mol. The number of benzene rings is 2. The highest BCUT2D eigenvalue weighted by molar-refractivity contribution is 9.10. The highest BCUT2D eigenvalue weighted by Crippen LogP contribution is 2.44. The van der Waals surface area contributed by atoms with Gasteiger partial charge in [0.25, 0.3) is 0 Å². The van der Waals surface area contributed by atoms with Crippen molar-refractivity contribution in [3.05, 3.63) is 86.8 Å². The molecule has 2 aromatic carbocycles. The summed E-state index contributed by atoms with van der Waals surface area (Å²) in [5.74, 6) is -2.89. The molecule has 0 fully saturated rings. The number of ether oxygens (including phenoxy) is 2. The van der Waals surface area contributed by atoms with Gasteiger partial charge in [-0.05, 0) is 49.7 Å². The minimum Gasteiger partial charge on any atom is -0.466 e. The molecule has 7 nitrogen and oxygen atoms in total. The van der Waals surface area contributed by atoms with Gasteiger partial charge < -0.3 is 25.2 Å². The lowest BCUT2D eigenvalue weighted by Crippen LogP contribution is -2.39. The van der Waals surface area contributed by atoms with E-state index in [-0.39, 0.29) is 41.4 Å². The fourth-order valence-electron chi connectivity index (χ4n) is 4.06. The van der Waals surface area contributed by atoms with Gasteiger partial charge in [-0.3, -0.25) is 0 Å². The van der Waals surface area contributed by atoms with Crippen LogP contribution in [0.3, 0.4) is 0 Å². The number of aliphatic hydroxyl groups is 1. The van der Waals surface area contributed by atoms with E-state index >= 15 is 0 Å². The summed E-state index contributed by atoms with van der Waals surface area (Å²) >= 11 is 3.35. The number of carbonyl (C=O) groups excluding carboxylic acids is 2. The number of allylic oxidation sites excluding steroid dienone is 1. The van der Waals surface area contributed by atoms with Gasteiger partial charge in [0.1, 0.15) is 5.82 Å². The van der Waals surface area contributed by atoms with E-state index in [1.807, 2.05) is 0 Å². The smallest absolute Gasteiger partial charge is 0.416 e. The zero-order valence-electron chi connectivity index (χ0n) is 20.3. The second kappa shape index (κ2) is 11.4. The van der Waals surface area contributed by atoms with Gasteiger partial charge in [0.2, 0.25) is 0 Å². The molecule has 0 amide bonds. The van der Waals surface area contributed by atoms with Crippen molar-refractivity contribution in [2.45, 2.75) is 38.5 Å². The summed E-state index contributed by atoms with van der Waals surface area (Å²) in [6.07, 6.45) is -5.21. The normalized spacial score (nSPS) is 17.1. The van der Waals surface area contributed by atoms with E-state index in [0.717, 1.165) is 23.7 Å². The summed E-state index contributed by atoms with van der Waals surface area (Å²) < 4.78 is 51.5. The Kier molecular flexibility index (Phi) is 8.70. The number of hydrogen-bond acceptors (Lipinski definition) is 7. The molecular formula is C26H26BrF3N2O5. The van der Waals surface area contributed by atoms with E-state index in [9.17, 15) is 27.9 Å². The van der Waals surface area contributed by atoms with Gasteiger partial charge in [-0.1, -0.05) is 34.1 Å². The molecule has 0 aliphatic carbocycles. The minimum atomic E-state index is -4.63. The Morgan fingerprint density at radius 3 is 2.35 bits per heavy atom. The highest BCUT2D eigenvalue weighted by atomic mass is 79.9. The number of esters is 2. The zero-order valence-corrected chi connectivity index (χ0v) is 21.9. The van der Waals surface area contributed by atoms with Gasteiger partial charge >= 0.3 is 18.1 Å². The minimum absolute atomic E-state index is 0.00485. The summed E-state index contributed by atoms with van der Waals surface area (Å²) in [5.41, 5.74) is 6.12. The van der Waals surface area contributed by atoms with Gasteiger partial charge in [-0.2, -0.15) is 13.2 Å². The summed E-state index contributed by atoms with van der Waals surface area (Å²) in [6.45, 7) is 2.91. The van der Waals surface area contributed by atoms with Crippen LogP contribution in [0.25, 0.3) is 0 Å². The molecule has 1 heterocycles. The van der Waals surface area contributed by atoms with E-state index in [1.54, 1.807) is 24.3 Å². The molecule has 2 unspecified atom stereocenters. The van der Waals surface area contributed by atoms with Crippen LogP contribution in [0.1, 0.15) is 37.3 Å². The van der Waals surface area contributed by atoms with Crippen molar-refractivity contribution < 1.29 is 37.3 Å². The Morgan fingerprint density at radius 1 is 1.14 bits per heavy atom. The van der Waals surface area contributed by atoms with Gasteiger partial charge in [0.15, 0.2) is 0 Å². The molecule has 198 valence electrons. The summed E-state index contributed by atoms with van der Waals surface area (Å²) in [4.78, 5) is 27.6. The number of halogens is 4. The number of anilines is 1. The molecule has 2 atom stereocenters. The molecule has 0 saturated heterocycles. The third-order valence-corrected chi connectivity index (χ3v) is 6.38. The Hall–Kier alpha value is -3.31. The number of hydrogen-bond donors (Lipinski definition) is 2. The van der Waals surface area contributed by atoms with Gasteiger partial charge in [-0.25, -0.2) is 9.59 Å². The maximum absolute atomic E-state index is 13.5. The summed E-state index contributed by atoms with van der Waals surface area (Å²) in [6, 6.07) is 11.2. The number of nitrogens with two attached hydrogens (primary N) is 1. The van der Waals surface area contributed by atoms with E-state index in [4.69, 9.17) is 15.2 Å². The van der Waals surface area contributed by atoms with Crippen LogP contribution < -0.4 is 10.6 Å². The van der Waals surface area contributed by atoms with Gasteiger partial charge in [0, 0.05) is 22.3 Å². The van der Waals surface area contributed by atoms with Crippen molar-refractivity contribution in [3.63, 3.8) is 0 Å². The number of carbonyl (C=O) groups is 2. The lowest BCUT2D eigenvalue weighted by Gasteiger charge is -2.37. The van der Waals surface area contributed by atoms with Crippen LogP contribution in [0.5, 0.6) is 0 Å². The lowest BCUT2D eigenvalue weighted by atomic mass is 9.80. The second-order valence-electron chi connectivity index (χ2n) is 8.43. The molecule has 0 bridgehead atoms. The topological polar surface area (TPSA) is 102 Å². The molecule has 11 heteroatoms. The maximum atomic E-state index is 13.5. The molecule has 1 aliphatic heterocycles. The first-order chi connectivity index (χ1) is 17.4. The molecule has 3 N–H and O–H groups in total. The van der Waals surface area contributed by atoms with Crippen molar-refractivity contribution in [3.8, 4) is 0 Å². The number of aliphatic hydroxyl groups excluding tert-OH is 1. The molecule has 37 heavy (non-hydrogen) atoms. The van der Waals surface area contributed by atoms with Crippen LogP contribution in [0, 0.1) is 0 Å². The molecular weight excluding hydrogens is 557 g/mol. The molecule has 0 saturated carbocycles. The third kappa shape index (κ3) is 6.16. The van der Waals surface area contributed by atoms with Crippen LogP contribution in [0.15, 0.2) is 75.7 Å². The van der Waals surface area contributed by atoms with Crippen LogP contribution in [-0.2, 0) is 25.2 Å². The first kappa shape index (κ1) is 28.3. The molecule has 0 aromatic heterocycles. The van der Waals surface area contributed by atoms with Crippen LogP contribution in [-0.4, -0.2) is 36.9 Å². The third-order valence-electron chi connectivity index (χ3n) is 5.85. The average Bonchev–Trinajstić information content (AvgIpc) is 2.83. The van der Waals surface area contributed by atoms with Crippen molar-refractivity contribution in [2.75, 3.05) is 18.6 Å². The Labute approximate surface area is 220 Å². The molecule has 2 aromatic rings. The number of rotatable bonds is 7. The van der Waals surface area contributed by atoms with Gasteiger partial charge in [-0.15, -0.1) is 0 Å². The predicted molar refractivity (Wildman–Crippen MR) is 134 cm³/mol. The predicted octanol–water partition coefficient (Wildman–Crippen LogP) is 5.00. The van der Waals surface area contributed by atoms with E-state index in [2.05, 4.69) is 15.9 Å². The second-order valence-corrected chi connectivity index (χ2v) is 9.35. The summed E-state index contributed by atoms with van der Waals surface area (Å²) in [5, 5.41) is 9.55. The van der Waals surface area contributed by atoms with Crippen molar-refractivity contribution in [1.82, 2.24) is 0 Å². The summed E-state index contributed by atoms with van der Waals surface area (Å²) in [7, 11) is 1.16. The largest absolute Gasteiger partial charge is 0.466 e. The van der Waals surface area contributed by atoms with Gasteiger partial charge in [0.05, 0.1) is 42.4 Å². The number of alkyl halides is 3. The first-order valence-electron chi connectivity index (χ1n) is 11.2. The number of methoxy groups -OCH3 is 1. The van der Waals surface area contributed by atoms with Crippen molar-refractivity contribution >= 4 is 33.6 Å². The Bertz CT molecular complexity index is 1240. The average molecular weight is 583 g/mol. The van der Waals surface area contributed by atoms with Crippen molar-refractivity contribution in [1.29, 1.82) is 0 Å². The first-order valence-corrected chi connectivity index (χ1v) is 12.0. The van der Waals surface area contributed by atoms with E-state index < -0.39 is 35.7 Å². The lowest BCUT2D eigenvalue weighted by molar-refractivity contribution is -0.140. The molecule has 0 spiro atoms. The van der Waals surface area contributed by atoms with E-state index in [1.165, 1.54) is 30.9 Å². The van der Waals surface area contributed by atoms with E-state index in [0.29, 0.717) is 5.56 Å². The van der Waals surface area contributed by atoms with Crippen molar-refractivity contribution in [2.24, 2.45) is 5.73 Å². The maximum Gasteiger partial charge on any atom is 0.416 e. The fourth-order valence-corrected chi connectivity index (χ4v) is 4.33. The quantitative estimate of drug-likeness (QED) is 0.443. The SMILES string of the molecule is COC(=O)C1=C(C)N(c2cccc(C(F)(F)F)c2)C(N)=C(C(=O)OCCC(C)O)C1c1ccc(Br)cc1. The van der Waals surface area contributed by atoms with Crippen LogP contribution in [0.4, 0.5) is 18.9 Å². The molecule has 1 aliphatic rings. The fraction of sp³-hybridized carbons (Fsp3) is 0.308. The highest BCUT2D eigenvalue weighted by Gasteiger charge is 2.42. The standard InChI is InChI=1S/C26H26BrF3N2O5/c1-14(33)11-12-37-25(35)22-21(16-7-9-18(27)10-8-16)20(24(34)36-3)15(2)32(23(22)31)19-6-4-5-17(13-19)26(28,29)30/h4-10,13-14,21,33H,11-12,31H2,1-3H3. The van der Waals surface area contributed by atoms with Crippen LogP contribution >= 0.6 is 15.9 Å².